The van der Waals surface area contributed by atoms with Crippen LogP contribution in [0.15, 0.2) is 30.3 Å². The number of ether oxygens (including phenoxy) is 1. The van der Waals surface area contributed by atoms with Crippen molar-refractivity contribution in [3.05, 3.63) is 30.3 Å². The molecule has 1 aliphatic heterocycles. The third-order valence-electron chi connectivity index (χ3n) is 3.53. The summed E-state index contributed by atoms with van der Waals surface area (Å²) in [6.07, 6.45) is 3.27. The predicted molar refractivity (Wildman–Crippen MR) is 80.0 cm³/mol. The molecule has 1 aromatic carbocycles. The second-order valence-electron chi connectivity index (χ2n) is 5.28. The van der Waals surface area contributed by atoms with E-state index in [9.17, 15) is 9.59 Å². The van der Waals surface area contributed by atoms with Crippen molar-refractivity contribution in [2.24, 2.45) is 0 Å². The first-order chi connectivity index (χ1) is 10.2. The van der Waals surface area contributed by atoms with E-state index in [1.54, 1.807) is 19.1 Å². The predicted octanol–water partition coefficient (Wildman–Crippen LogP) is 1.58. The van der Waals surface area contributed by atoms with Gasteiger partial charge in [0.25, 0.3) is 5.91 Å². The van der Waals surface area contributed by atoms with E-state index in [0.29, 0.717) is 5.75 Å². The summed E-state index contributed by atoms with van der Waals surface area (Å²) in [6.45, 7) is 3.22. The van der Waals surface area contributed by atoms with Crippen LogP contribution in [0.1, 0.15) is 26.2 Å². The van der Waals surface area contributed by atoms with Crippen LogP contribution in [0.4, 0.5) is 0 Å². The lowest BCUT2D eigenvalue weighted by molar-refractivity contribution is -0.137. The van der Waals surface area contributed by atoms with Crippen LogP contribution >= 0.6 is 0 Å². The van der Waals surface area contributed by atoms with E-state index in [2.05, 4.69) is 5.32 Å². The molecule has 1 saturated heterocycles. The third-order valence-corrected chi connectivity index (χ3v) is 3.53. The Bertz CT molecular complexity index is 470. The Morgan fingerprint density at radius 1 is 1.19 bits per heavy atom. The fourth-order valence-corrected chi connectivity index (χ4v) is 2.40. The Morgan fingerprint density at radius 2 is 1.86 bits per heavy atom. The molecule has 0 spiro atoms. The minimum Gasteiger partial charge on any atom is -0.484 e. The number of rotatable bonds is 5. The number of hydrogen-bond acceptors (Lipinski definition) is 3. The van der Waals surface area contributed by atoms with Gasteiger partial charge in [-0.25, -0.2) is 0 Å². The number of hydrogen-bond donors (Lipinski definition) is 1. The Hall–Kier alpha value is -2.04. The lowest BCUT2D eigenvalue weighted by atomic mass is 10.1. The molecule has 1 N–H and O–H groups in total. The first kappa shape index (κ1) is 15.4. The number of para-hydroxylation sites is 1. The molecule has 1 atom stereocenters. The van der Waals surface area contributed by atoms with Gasteiger partial charge in [-0.3, -0.25) is 9.59 Å². The van der Waals surface area contributed by atoms with Crippen LogP contribution in [0.25, 0.3) is 0 Å². The number of nitrogens with one attached hydrogen (secondary N) is 1. The summed E-state index contributed by atoms with van der Waals surface area (Å²) < 4.78 is 5.36. The number of piperidine rings is 1. The largest absolute Gasteiger partial charge is 0.484 e. The monoisotopic (exact) mass is 290 g/mol. The molecule has 2 rings (SSSR count). The Morgan fingerprint density at radius 3 is 2.52 bits per heavy atom. The van der Waals surface area contributed by atoms with E-state index in [0.717, 1.165) is 25.9 Å². The van der Waals surface area contributed by atoms with Crippen molar-refractivity contribution in [2.45, 2.75) is 32.2 Å². The highest BCUT2D eigenvalue weighted by molar-refractivity contribution is 5.87. The quantitative estimate of drug-likeness (QED) is 0.895. The average Bonchev–Trinajstić information content (AvgIpc) is 2.54. The SMILES string of the molecule is C[C@@H](NC(=O)COc1ccccc1)C(=O)N1CCCCC1. The summed E-state index contributed by atoms with van der Waals surface area (Å²) in [7, 11) is 0. The Labute approximate surface area is 125 Å². The highest BCUT2D eigenvalue weighted by atomic mass is 16.5. The molecule has 5 heteroatoms. The average molecular weight is 290 g/mol. The van der Waals surface area contributed by atoms with Gasteiger partial charge in [0.1, 0.15) is 11.8 Å². The van der Waals surface area contributed by atoms with Crippen molar-refractivity contribution in [1.29, 1.82) is 0 Å². The van der Waals surface area contributed by atoms with Crippen LogP contribution < -0.4 is 10.1 Å². The van der Waals surface area contributed by atoms with Crippen LogP contribution in [0.3, 0.4) is 0 Å². The van der Waals surface area contributed by atoms with Crippen LogP contribution in [-0.2, 0) is 9.59 Å². The van der Waals surface area contributed by atoms with E-state index in [1.807, 2.05) is 23.1 Å². The maximum Gasteiger partial charge on any atom is 0.258 e. The molecule has 0 radical (unpaired) electrons. The van der Waals surface area contributed by atoms with E-state index in [4.69, 9.17) is 4.74 Å². The van der Waals surface area contributed by atoms with Gasteiger partial charge in [-0.15, -0.1) is 0 Å². The molecule has 1 aliphatic rings. The normalized spacial score (nSPS) is 16.1. The molecule has 0 saturated carbocycles. The maximum atomic E-state index is 12.2. The van der Waals surface area contributed by atoms with Crippen LogP contribution in [0.5, 0.6) is 5.75 Å². The van der Waals surface area contributed by atoms with Crippen LogP contribution in [0.2, 0.25) is 0 Å². The molecular weight excluding hydrogens is 268 g/mol. The topological polar surface area (TPSA) is 58.6 Å². The van der Waals surface area contributed by atoms with E-state index in [-0.39, 0.29) is 18.4 Å². The zero-order valence-electron chi connectivity index (χ0n) is 12.4. The molecule has 114 valence electrons. The third kappa shape index (κ3) is 4.77. The molecule has 0 aliphatic carbocycles. The Kier molecular flexibility index (Phi) is 5.60. The van der Waals surface area contributed by atoms with Gasteiger partial charge in [0.15, 0.2) is 6.61 Å². The number of amides is 2. The van der Waals surface area contributed by atoms with Crippen LogP contribution in [-0.4, -0.2) is 42.5 Å². The standard InChI is InChI=1S/C16H22N2O3/c1-13(16(20)18-10-6-3-7-11-18)17-15(19)12-21-14-8-4-2-5-9-14/h2,4-5,8-9,13H,3,6-7,10-12H2,1H3,(H,17,19)/t13-/m1/s1. The summed E-state index contributed by atoms with van der Waals surface area (Å²) in [5.41, 5.74) is 0. The van der Waals surface area contributed by atoms with Crippen molar-refractivity contribution in [3.63, 3.8) is 0 Å². The lowest BCUT2D eigenvalue weighted by Gasteiger charge is -2.29. The molecule has 21 heavy (non-hydrogen) atoms. The molecule has 5 nitrogen and oxygen atoms in total. The molecule has 1 aromatic rings. The molecular formula is C16H22N2O3. The lowest BCUT2D eigenvalue weighted by Crippen LogP contribution is -2.49. The first-order valence-corrected chi connectivity index (χ1v) is 7.43. The van der Waals surface area contributed by atoms with Crippen molar-refractivity contribution >= 4 is 11.8 Å². The smallest absolute Gasteiger partial charge is 0.258 e. The van der Waals surface area contributed by atoms with Crippen molar-refractivity contribution in [3.8, 4) is 5.75 Å². The number of carbonyl (C=O) groups excluding carboxylic acids is 2. The Balaban J connectivity index is 1.74. The van der Waals surface area contributed by atoms with Crippen molar-refractivity contribution < 1.29 is 14.3 Å². The highest BCUT2D eigenvalue weighted by Crippen LogP contribution is 2.10. The maximum absolute atomic E-state index is 12.2. The summed E-state index contributed by atoms with van der Waals surface area (Å²) >= 11 is 0. The van der Waals surface area contributed by atoms with Crippen LogP contribution in [0, 0.1) is 0 Å². The van der Waals surface area contributed by atoms with E-state index >= 15 is 0 Å². The van der Waals surface area contributed by atoms with E-state index < -0.39 is 6.04 Å². The summed E-state index contributed by atoms with van der Waals surface area (Å²) in [5, 5.41) is 2.69. The highest BCUT2D eigenvalue weighted by Gasteiger charge is 2.23. The molecule has 1 heterocycles. The molecule has 2 amide bonds. The van der Waals surface area contributed by atoms with Gasteiger partial charge in [0.05, 0.1) is 0 Å². The van der Waals surface area contributed by atoms with Gasteiger partial charge >= 0.3 is 0 Å². The fraction of sp³-hybridized carbons (Fsp3) is 0.500. The molecule has 0 unspecified atom stereocenters. The van der Waals surface area contributed by atoms with Gasteiger partial charge in [0, 0.05) is 13.1 Å². The van der Waals surface area contributed by atoms with Gasteiger partial charge in [-0.2, -0.15) is 0 Å². The summed E-state index contributed by atoms with van der Waals surface area (Å²) in [5.74, 6) is 0.349. The number of benzene rings is 1. The zero-order valence-corrected chi connectivity index (χ0v) is 12.4. The van der Waals surface area contributed by atoms with Gasteiger partial charge in [-0.1, -0.05) is 18.2 Å². The fourth-order valence-electron chi connectivity index (χ4n) is 2.40. The van der Waals surface area contributed by atoms with E-state index in [1.165, 1.54) is 6.42 Å². The van der Waals surface area contributed by atoms with Gasteiger partial charge in [0.2, 0.25) is 5.91 Å². The molecule has 0 aromatic heterocycles. The van der Waals surface area contributed by atoms with Gasteiger partial charge in [-0.05, 0) is 38.3 Å². The number of likely N-dealkylation sites (tertiary alicyclic amines) is 1. The van der Waals surface area contributed by atoms with Crippen molar-refractivity contribution in [2.75, 3.05) is 19.7 Å². The second kappa shape index (κ2) is 7.67. The number of carbonyl (C=O) groups is 2. The summed E-state index contributed by atoms with van der Waals surface area (Å²) in [6, 6.07) is 8.64. The minimum atomic E-state index is -0.505. The number of nitrogens with zero attached hydrogens (tertiary/aromatic N) is 1. The zero-order chi connectivity index (χ0) is 15.1. The minimum absolute atomic E-state index is 0.0113. The second-order valence-corrected chi connectivity index (χ2v) is 5.28. The van der Waals surface area contributed by atoms with Crippen molar-refractivity contribution in [1.82, 2.24) is 10.2 Å². The molecule has 1 fully saturated rings. The first-order valence-electron chi connectivity index (χ1n) is 7.43. The molecule has 0 bridgehead atoms. The van der Waals surface area contributed by atoms with Gasteiger partial charge < -0.3 is 15.0 Å². The summed E-state index contributed by atoms with van der Waals surface area (Å²) in [4.78, 5) is 25.8.